The van der Waals surface area contributed by atoms with Crippen molar-refractivity contribution in [2.45, 2.75) is 19.4 Å². The largest absolute Gasteiger partial charge is 0.488 e. The van der Waals surface area contributed by atoms with E-state index < -0.39 is 10.5 Å². The highest BCUT2D eigenvalue weighted by Crippen LogP contribution is 2.25. The molecule has 1 aromatic carbocycles. The summed E-state index contributed by atoms with van der Waals surface area (Å²) in [4.78, 5) is 2.26. The maximum Gasteiger partial charge on any atom is 0.488 e. The third-order valence-electron chi connectivity index (χ3n) is 2.81. The van der Waals surface area contributed by atoms with Gasteiger partial charge in [0.2, 0.25) is 0 Å². The van der Waals surface area contributed by atoms with Crippen LogP contribution in [0.5, 0.6) is 5.75 Å². The van der Waals surface area contributed by atoms with Gasteiger partial charge >= 0.3 is 10.5 Å². The second-order valence-electron chi connectivity index (χ2n) is 4.21. The average molecular weight is 330 g/mol. The Morgan fingerprint density at radius 3 is 2.47 bits per heavy atom. The maximum absolute atomic E-state index is 12.3. The topological polar surface area (TPSA) is 46.6 Å². The summed E-state index contributed by atoms with van der Waals surface area (Å²) in [7, 11) is -5.00. The molecule has 0 bridgehead atoms. The number of hydrogen-bond donors (Lipinski definition) is 0. The highest BCUT2D eigenvalue weighted by Gasteiger charge is 2.15. The monoisotopic (exact) mass is 329 g/mol. The van der Waals surface area contributed by atoms with E-state index >= 15 is 0 Å². The van der Waals surface area contributed by atoms with Crippen molar-refractivity contribution < 1.29 is 16.5 Å². The van der Waals surface area contributed by atoms with Crippen LogP contribution in [0.1, 0.15) is 18.4 Å². The van der Waals surface area contributed by atoms with Crippen LogP contribution in [0.25, 0.3) is 0 Å². The number of halogens is 3. The summed E-state index contributed by atoms with van der Waals surface area (Å²) >= 11 is 6.01. The van der Waals surface area contributed by atoms with Crippen molar-refractivity contribution in [3.05, 3.63) is 28.8 Å². The van der Waals surface area contributed by atoms with Gasteiger partial charge in [-0.3, -0.25) is 4.90 Å². The lowest BCUT2D eigenvalue weighted by atomic mass is 10.2. The molecule has 0 spiro atoms. The Kier molecular flexibility index (Phi) is 5.85. The third-order valence-corrected chi connectivity index (χ3v) is 3.56. The summed E-state index contributed by atoms with van der Waals surface area (Å²) in [5, 5.41) is 0.378. The quantitative estimate of drug-likeness (QED) is 0.797. The molecule has 0 amide bonds. The molecule has 2 rings (SSSR count). The molecule has 8 heteroatoms. The van der Waals surface area contributed by atoms with Crippen LogP contribution in [-0.2, 0) is 17.0 Å². The summed E-state index contributed by atoms with van der Waals surface area (Å²) in [5.41, 5.74) is 0.877. The minimum Gasteiger partial charge on any atom is -0.358 e. The third kappa shape index (κ3) is 5.14. The Morgan fingerprint density at radius 2 is 1.95 bits per heavy atom. The van der Waals surface area contributed by atoms with Gasteiger partial charge in [0, 0.05) is 17.6 Å². The smallest absolute Gasteiger partial charge is 0.358 e. The molecule has 1 aliphatic rings. The van der Waals surface area contributed by atoms with Crippen LogP contribution < -0.4 is 4.18 Å². The Bertz CT molecular complexity index is 533. The first-order chi connectivity index (χ1) is 8.44. The number of hydrogen-bond acceptors (Lipinski definition) is 4. The Labute approximate surface area is 123 Å². The van der Waals surface area contributed by atoms with Gasteiger partial charge in [-0.25, -0.2) is 0 Å². The van der Waals surface area contributed by atoms with Gasteiger partial charge in [-0.15, -0.1) is 12.4 Å². The van der Waals surface area contributed by atoms with E-state index in [2.05, 4.69) is 9.08 Å². The molecule has 0 N–H and O–H groups in total. The fourth-order valence-electron chi connectivity index (χ4n) is 2.00. The van der Waals surface area contributed by atoms with Crippen molar-refractivity contribution in [1.29, 1.82) is 0 Å². The van der Waals surface area contributed by atoms with E-state index in [9.17, 15) is 12.3 Å². The van der Waals surface area contributed by atoms with Gasteiger partial charge < -0.3 is 4.18 Å². The molecule has 19 heavy (non-hydrogen) atoms. The van der Waals surface area contributed by atoms with E-state index in [1.807, 2.05) is 0 Å². The zero-order valence-corrected chi connectivity index (χ0v) is 12.4. The molecule has 1 saturated heterocycles. The van der Waals surface area contributed by atoms with E-state index in [4.69, 9.17) is 11.6 Å². The highest BCUT2D eigenvalue weighted by molar-refractivity contribution is 7.81. The standard InChI is InChI=1S/C11H13ClFNO3S.ClH/c12-11-7-10(17-18(13,15)16)4-3-9(11)8-14-5-1-2-6-14;/h3-4,7H,1-2,5-6,8H2;1H. The van der Waals surface area contributed by atoms with Crippen LogP contribution >= 0.6 is 24.0 Å². The van der Waals surface area contributed by atoms with Crippen molar-refractivity contribution in [2.24, 2.45) is 0 Å². The first-order valence-corrected chi connectivity index (χ1v) is 7.27. The van der Waals surface area contributed by atoms with Gasteiger partial charge in [-0.1, -0.05) is 21.6 Å². The minimum atomic E-state index is -5.00. The predicted octanol–water partition coefficient (Wildman–Crippen LogP) is 2.95. The number of nitrogens with zero attached hydrogens (tertiary/aromatic N) is 1. The van der Waals surface area contributed by atoms with Gasteiger partial charge in [-0.2, -0.15) is 8.42 Å². The van der Waals surface area contributed by atoms with E-state index in [0.29, 0.717) is 11.6 Å². The van der Waals surface area contributed by atoms with E-state index in [-0.39, 0.29) is 18.2 Å². The van der Waals surface area contributed by atoms with Crippen LogP contribution in [0.2, 0.25) is 5.02 Å². The van der Waals surface area contributed by atoms with Gasteiger partial charge in [0.15, 0.2) is 0 Å². The van der Waals surface area contributed by atoms with Crippen molar-refractivity contribution in [3.63, 3.8) is 0 Å². The summed E-state index contributed by atoms with van der Waals surface area (Å²) < 4.78 is 37.1. The molecule has 1 heterocycles. The molecule has 108 valence electrons. The van der Waals surface area contributed by atoms with Crippen molar-refractivity contribution in [1.82, 2.24) is 4.90 Å². The van der Waals surface area contributed by atoms with E-state index in [1.165, 1.54) is 25.0 Å². The fourth-order valence-corrected chi connectivity index (χ4v) is 2.57. The lowest BCUT2D eigenvalue weighted by molar-refractivity contribution is 0.331. The summed E-state index contributed by atoms with van der Waals surface area (Å²) in [6.45, 7) is 2.78. The van der Waals surface area contributed by atoms with Crippen molar-refractivity contribution in [2.75, 3.05) is 13.1 Å². The van der Waals surface area contributed by atoms with E-state index in [1.54, 1.807) is 6.07 Å². The minimum absolute atomic E-state index is 0. The van der Waals surface area contributed by atoms with Crippen LogP contribution in [-0.4, -0.2) is 26.4 Å². The molecule has 0 atom stereocenters. The fraction of sp³-hybridized carbons (Fsp3) is 0.455. The molecular formula is C11H14Cl2FNO3S. The van der Waals surface area contributed by atoms with Gasteiger partial charge in [0.25, 0.3) is 0 Å². The molecule has 1 aliphatic heterocycles. The average Bonchev–Trinajstić information content (AvgIpc) is 2.72. The van der Waals surface area contributed by atoms with Crippen molar-refractivity contribution in [3.8, 4) is 5.75 Å². The first-order valence-electron chi connectivity index (χ1n) is 5.59. The van der Waals surface area contributed by atoms with Crippen LogP contribution in [0, 0.1) is 0 Å². The molecule has 1 fully saturated rings. The Morgan fingerprint density at radius 1 is 1.32 bits per heavy atom. The second kappa shape index (κ2) is 6.74. The molecule has 0 aliphatic carbocycles. The first kappa shape index (κ1) is 16.5. The molecule has 0 radical (unpaired) electrons. The molecular weight excluding hydrogens is 316 g/mol. The number of rotatable bonds is 4. The second-order valence-corrected chi connectivity index (χ2v) is 5.57. The Hall–Kier alpha value is -0.560. The summed E-state index contributed by atoms with van der Waals surface area (Å²) in [5.74, 6) is -0.118. The predicted molar refractivity (Wildman–Crippen MR) is 73.9 cm³/mol. The zero-order chi connectivity index (χ0) is 13.2. The number of benzene rings is 1. The SMILES string of the molecule is Cl.O=S(=O)(F)Oc1ccc(CN2CCCC2)c(Cl)c1. The van der Waals surface area contributed by atoms with E-state index in [0.717, 1.165) is 18.7 Å². The zero-order valence-electron chi connectivity index (χ0n) is 10.0. The molecule has 0 saturated carbocycles. The lowest BCUT2D eigenvalue weighted by Gasteiger charge is -2.15. The molecule has 4 nitrogen and oxygen atoms in total. The number of likely N-dealkylation sites (tertiary alicyclic amines) is 1. The van der Waals surface area contributed by atoms with Crippen LogP contribution in [0.3, 0.4) is 0 Å². The molecule has 0 unspecified atom stereocenters. The maximum atomic E-state index is 12.3. The van der Waals surface area contributed by atoms with Crippen molar-refractivity contribution >= 4 is 34.5 Å². The molecule has 0 aromatic heterocycles. The van der Waals surface area contributed by atoms with Crippen LogP contribution in [0.4, 0.5) is 3.89 Å². The van der Waals surface area contributed by atoms with Gasteiger partial charge in [0.05, 0.1) is 0 Å². The summed E-state index contributed by atoms with van der Waals surface area (Å²) in [6, 6.07) is 4.36. The summed E-state index contributed by atoms with van der Waals surface area (Å²) in [6.07, 6.45) is 2.36. The normalized spacial score (nSPS) is 16.1. The van der Waals surface area contributed by atoms with Crippen LogP contribution in [0.15, 0.2) is 18.2 Å². The Balaban J connectivity index is 0.00000180. The lowest BCUT2D eigenvalue weighted by Crippen LogP contribution is -2.18. The van der Waals surface area contributed by atoms with Gasteiger partial charge in [0.1, 0.15) is 5.75 Å². The highest BCUT2D eigenvalue weighted by atomic mass is 35.5. The van der Waals surface area contributed by atoms with Gasteiger partial charge in [-0.05, 0) is 37.6 Å². The molecule has 1 aromatic rings.